The van der Waals surface area contributed by atoms with Gasteiger partial charge in [-0.05, 0) is 61.9 Å². The van der Waals surface area contributed by atoms with Crippen molar-refractivity contribution in [3.8, 4) is 0 Å². The Labute approximate surface area is 119 Å². The second kappa shape index (κ2) is 5.98. The molecule has 0 bridgehead atoms. The molecule has 0 aliphatic carbocycles. The van der Waals surface area contributed by atoms with Crippen LogP contribution in [0.15, 0.2) is 13.6 Å². The van der Waals surface area contributed by atoms with E-state index in [4.69, 9.17) is 0 Å². The van der Waals surface area contributed by atoms with Gasteiger partial charge in [-0.15, -0.1) is 11.3 Å². The highest BCUT2D eigenvalue weighted by molar-refractivity contribution is 9.12. The molecule has 1 unspecified atom stereocenters. The van der Waals surface area contributed by atoms with Crippen LogP contribution in [0, 0.1) is 5.41 Å². The average Bonchev–Trinajstić information content (AvgIpc) is 2.44. The molecule has 92 valence electrons. The number of hydrogen-bond donors (Lipinski definition) is 1. The van der Waals surface area contributed by atoms with E-state index in [2.05, 4.69) is 70.9 Å². The van der Waals surface area contributed by atoms with Crippen molar-refractivity contribution in [1.82, 2.24) is 5.32 Å². The predicted octanol–water partition coefficient (Wildman–Crippen LogP) is 5.36. The van der Waals surface area contributed by atoms with Crippen LogP contribution in [0.3, 0.4) is 0 Å². The molecule has 1 aromatic rings. The minimum Gasteiger partial charge on any atom is -0.309 e. The standard InChI is InChI=1S/C12H19Br2NS/c1-5-6-15-10(12(2,3)4)8-7-9(13)16-11(8)14/h7,10,15H,5-6H2,1-4H3. The summed E-state index contributed by atoms with van der Waals surface area (Å²) in [4.78, 5) is 0. The first-order chi connectivity index (χ1) is 7.36. The molecule has 0 fully saturated rings. The molecule has 0 aliphatic rings. The van der Waals surface area contributed by atoms with Crippen molar-refractivity contribution in [2.45, 2.75) is 40.2 Å². The molecule has 1 N–H and O–H groups in total. The van der Waals surface area contributed by atoms with Gasteiger partial charge < -0.3 is 5.32 Å². The molecule has 16 heavy (non-hydrogen) atoms. The van der Waals surface area contributed by atoms with E-state index in [-0.39, 0.29) is 5.41 Å². The topological polar surface area (TPSA) is 12.0 Å². The van der Waals surface area contributed by atoms with Crippen LogP contribution in [0.1, 0.15) is 45.7 Å². The van der Waals surface area contributed by atoms with Crippen LogP contribution < -0.4 is 5.32 Å². The lowest BCUT2D eigenvalue weighted by Gasteiger charge is -2.31. The summed E-state index contributed by atoms with van der Waals surface area (Å²) < 4.78 is 2.41. The summed E-state index contributed by atoms with van der Waals surface area (Å²) in [6.45, 7) is 10.1. The highest BCUT2D eigenvalue weighted by Crippen LogP contribution is 2.41. The van der Waals surface area contributed by atoms with Crippen LogP contribution >= 0.6 is 43.2 Å². The Balaban J connectivity index is 2.96. The molecule has 0 saturated heterocycles. The average molecular weight is 369 g/mol. The molecule has 1 heterocycles. The summed E-state index contributed by atoms with van der Waals surface area (Å²) in [6, 6.07) is 2.61. The van der Waals surface area contributed by atoms with Crippen molar-refractivity contribution in [3.05, 3.63) is 19.2 Å². The van der Waals surface area contributed by atoms with E-state index in [1.165, 1.54) is 13.1 Å². The molecule has 0 saturated carbocycles. The van der Waals surface area contributed by atoms with E-state index in [9.17, 15) is 0 Å². The van der Waals surface area contributed by atoms with Crippen LogP contribution in [0.25, 0.3) is 0 Å². The fraction of sp³-hybridized carbons (Fsp3) is 0.667. The minimum absolute atomic E-state index is 0.220. The Kier molecular flexibility index (Phi) is 5.49. The van der Waals surface area contributed by atoms with Gasteiger partial charge in [-0.1, -0.05) is 27.7 Å². The van der Waals surface area contributed by atoms with E-state index in [1.807, 2.05) is 0 Å². The fourth-order valence-corrected chi connectivity index (χ4v) is 4.62. The first-order valence-electron chi connectivity index (χ1n) is 5.54. The Morgan fingerprint density at radius 3 is 2.38 bits per heavy atom. The molecule has 0 spiro atoms. The molecule has 0 aromatic carbocycles. The number of halogens is 2. The first-order valence-corrected chi connectivity index (χ1v) is 7.94. The van der Waals surface area contributed by atoms with Gasteiger partial charge in [0.2, 0.25) is 0 Å². The van der Waals surface area contributed by atoms with Gasteiger partial charge in [-0.25, -0.2) is 0 Å². The van der Waals surface area contributed by atoms with Crippen LogP contribution in [0.2, 0.25) is 0 Å². The SMILES string of the molecule is CCCNC(c1cc(Br)sc1Br)C(C)(C)C. The van der Waals surface area contributed by atoms with E-state index in [1.54, 1.807) is 11.3 Å². The van der Waals surface area contributed by atoms with Crippen LogP contribution in [0.5, 0.6) is 0 Å². The lowest BCUT2D eigenvalue weighted by atomic mass is 9.83. The molecule has 1 rings (SSSR count). The number of rotatable bonds is 4. The number of thiophene rings is 1. The zero-order valence-corrected chi connectivity index (χ0v) is 14.2. The van der Waals surface area contributed by atoms with E-state index < -0.39 is 0 Å². The van der Waals surface area contributed by atoms with Crippen molar-refractivity contribution in [1.29, 1.82) is 0 Å². The molecule has 0 aliphatic heterocycles. The zero-order chi connectivity index (χ0) is 12.3. The third-order valence-electron chi connectivity index (χ3n) is 2.46. The second-order valence-electron chi connectivity index (χ2n) is 5.03. The minimum atomic E-state index is 0.220. The summed E-state index contributed by atoms with van der Waals surface area (Å²) in [5.74, 6) is 0. The van der Waals surface area contributed by atoms with E-state index in [0.29, 0.717) is 6.04 Å². The van der Waals surface area contributed by atoms with Crippen molar-refractivity contribution < 1.29 is 0 Å². The number of hydrogen-bond acceptors (Lipinski definition) is 2. The smallest absolute Gasteiger partial charge is 0.0758 e. The highest BCUT2D eigenvalue weighted by atomic mass is 79.9. The second-order valence-corrected chi connectivity index (χ2v) is 8.78. The van der Waals surface area contributed by atoms with E-state index >= 15 is 0 Å². The van der Waals surface area contributed by atoms with Gasteiger partial charge in [0.1, 0.15) is 0 Å². The Bertz CT molecular complexity index is 341. The van der Waals surface area contributed by atoms with Gasteiger partial charge in [0.25, 0.3) is 0 Å². The largest absolute Gasteiger partial charge is 0.309 e. The van der Waals surface area contributed by atoms with Crippen molar-refractivity contribution in [2.24, 2.45) is 5.41 Å². The van der Waals surface area contributed by atoms with Gasteiger partial charge in [0.05, 0.1) is 7.57 Å². The summed E-state index contributed by atoms with van der Waals surface area (Å²) in [7, 11) is 0. The van der Waals surface area contributed by atoms with Crippen LogP contribution in [-0.4, -0.2) is 6.54 Å². The molecule has 1 atom stereocenters. The quantitative estimate of drug-likeness (QED) is 0.754. The summed E-state index contributed by atoms with van der Waals surface area (Å²) in [5.41, 5.74) is 1.58. The van der Waals surface area contributed by atoms with Crippen molar-refractivity contribution in [3.63, 3.8) is 0 Å². The highest BCUT2D eigenvalue weighted by Gasteiger charge is 2.28. The molecule has 1 nitrogen and oxygen atoms in total. The van der Waals surface area contributed by atoms with Crippen molar-refractivity contribution >= 4 is 43.2 Å². The van der Waals surface area contributed by atoms with Crippen molar-refractivity contribution in [2.75, 3.05) is 6.54 Å². The zero-order valence-electron chi connectivity index (χ0n) is 10.2. The molecule has 0 radical (unpaired) electrons. The Morgan fingerprint density at radius 1 is 1.38 bits per heavy atom. The maximum atomic E-state index is 3.65. The third kappa shape index (κ3) is 3.83. The van der Waals surface area contributed by atoms with Crippen LogP contribution in [-0.2, 0) is 0 Å². The normalized spacial score (nSPS) is 14.1. The lowest BCUT2D eigenvalue weighted by molar-refractivity contribution is 0.273. The lowest BCUT2D eigenvalue weighted by Crippen LogP contribution is -2.32. The summed E-state index contributed by atoms with van der Waals surface area (Å²) in [6.07, 6.45) is 1.16. The molecular weight excluding hydrogens is 350 g/mol. The maximum absolute atomic E-state index is 3.65. The van der Waals surface area contributed by atoms with E-state index in [0.717, 1.165) is 13.0 Å². The monoisotopic (exact) mass is 367 g/mol. The Hall–Kier alpha value is 0.620. The Morgan fingerprint density at radius 2 is 2.00 bits per heavy atom. The summed E-state index contributed by atoms with van der Waals surface area (Å²) >= 11 is 8.94. The molecule has 0 amide bonds. The van der Waals surface area contributed by atoms with Gasteiger partial charge in [-0.3, -0.25) is 0 Å². The van der Waals surface area contributed by atoms with Gasteiger partial charge in [-0.2, -0.15) is 0 Å². The maximum Gasteiger partial charge on any atom is 0.0758 e. The van der Waals surface area contributed by atoms with Crippen LogP contribution in [0.4, 0.5) is 0 Å². The summed E-state index contributed by atoms with van der Waals surface area (Å²) in [5, 5.41) is 3.64. The number of nitrogens with one attached hydrogen (secondary N) is 1. The fourth-order valence-electron chi connectivity index (χ4n) is 1.72. The molecular formula is C12H19Br2NS. The van der Waals surface area contributed by atoms with Gasteiger partial charge in [0.15, 0.2) is 0 Å². The van der Waals surface area contributed by atoms with Gasteiger partial charge >= 0.3 is 0 Å². The molecule has 4 heteroatoms. The van der Waals surface area contributed by atoms with Gasteiger partial charge in [0, 0.05) is 6.04 Å². The predicted molar refractivity (Wildman–Crippen MR) is 80.2 cm³/mol. The first kappa shape index (κ1) is 14.7. The third-order valence-corrected chi connectivity index (χ3v) is 4.84. The molecule has 1 aromatic heterocycles.